The number of piperazine rings is 1. The van der Waals surface area contributed by atoms with E-state index in [2.05, 4.69) is 15.2 Å². The number of hydrogen-bond donors (Lipinski definition) is 1. The van der Waals surface area contributed by atoms with E-state index in [1.807, 2.05) is 22.4 Å². The van der Waals surface area contributed by atoms with Crippen LogP contribution >= 0.6 is 11.3 Å². The van der Waals surface area contributed by atoms with E-state index < -0.39 is 0 Å². The predicted molar refractivity (Wildman–Crippen MR) is 107 cm³/mol. The fourth-order valence-electron chi connectivity index (χ4n) is 4.02. The van der Waals surface area contributed by atoms with Gasteiger partial charge in [-0.25, -0.2) is 4.98 Å². The maximum atomic E-state index is 12.5. The molecule has 1 saturated heterocycles. The van der Waals surface area contributed by atoms with Crippen molar-refractivity contribution in [2.75, 3.05) is 39.3 Å². The van der Waals surface area contributed by atoms with Gasteiger partial charge < -0.3 is 14.6 Å². The van der Waals surface area contributed by atoms with Gasteiger partial charge in [0.25, 0.3) is 5.91 Å². The van der Waals surface area contributed by atoms with Crippen LogP contribution in [0.1, 0.15) is 36.2 Å². The van der Waals surface area contributed by atoms with Crippen LogP contribution in [0, 0.1) is 5.92 Å². The number of nitrogens with one attached hydrogen (secondary N) is 1. The average molecular weight is 403 g/mol. The van der Waals surface area contributed by atoms with E-state index in [9.17, 15) is 9.59 Å². The Morgan fingerprint density at radius 3 is 2.71 bits per heavy atom. The smallest absolute Gasteiger partial charge is 0.274 e. The van der Waals surface area contributed by atoms with Crippen LogP contribution in [0.4, 0.5) is 0 Å². The third-order valence-electron chi connectivity index (χ3n) is 5.63. The number of rotatable bonds is 6. The second-order valence-corrected chi connectivity index (χ2v) is 8.36. The summed E-state index contributed by atoms with van der Waals surface area (Å²) in [5.74, 6) is 0.905. The molecule has 2 aromatic rings. The maximum Gasteiger partial charge on any atom is 0.274 e. The number of amides is 2. The molecule has 4 rings (SSSR count). The van der Waals surface area contributed by atoms with E-state index in [0.717, 1.165) is 50.4 Å². The molecule has 150 valence electrons. The summed E-state index contributed by atoms with van der Waals surface area (Å²) in [6.07, 6.45) is 5.80. The second kappa shape index (κ2) is 8.87. The van der Waals surface area contributed by atoms with E-state index in [0.29, 0.717) is 23.9 Å². The molecule has 0 radical (unpaired) electrons. The molecule has 2 amide bonds. The highest BCUT2D eigenvalue weighted by Gasteiger charge is 2.29. The lowest BCUT2D eigenvalue weighted by atomic mass is 10.1. The van der Waals surface area contributed by atoms with Crippen molar-refractivity contribution in [1.82, 2.24) is 20.1 Å². The summed E-state index contributed by atoms with van der Waals surface area (Å²) in [4.78, 5) is 34.2. The highest BCUT2D eigenvalue weighted by atomic mass is 32.1. The summed E-state index contributed by atoms with van der Waals surface area (Å²) in [5.41, 5.74) is 0.328. The van der Waals surface area contributed by atoms with Gasteiger partial charge in [-0.1, -0.05) is 18.9 Å². The highest BCUT2D eigenvalue weighted by molar-refractivity contribution is 7.13. The normalized spacial score (nSPS) is 18.5. The van der Waals surface area contributed by atoms with Gasteiger partial charge in [0.05, 0.1) is 4.88 Å². The van der Waals surface area contributed by atoms with Gasteiger partial charge in [-0.05, 0) is 24.3 Å². The molecule has 0 atom stereocenters. The molecular weight excluding hydrogens is 376 g/mol. The van der Waals surface area contributed by atoms with E-state index in [1.165, 1.54) is 30.6 Å². The first kappa shape index (κ1) is 19.1. The van der Waals surface area contributed by atoms with E-state index in [1.54, 1.807) is 0 Å². The van der Waals surface area contributed by atoms with Gasteiger partial charge in [-0.3, -0.25) is 14.5 Å². The highest BCUT2D eigenvalue weighted by Crippen LogP contribution is 2.28. The molecule has 1 aliphatic carbocycles. The number of carbonyl (C=O) groups is 2. The van der Waals surface area contributed by atoms with Crippen LogP contribution < -0.4 is 5.32 Å². The minimum absolute atomic E-state index is 0.216. The molecular formula is C20H26N4O3S. The predicted octanol–water partition coefficient (Wildman–Crippen LogP) is 2.47. The Balaban J connectivity index is 1.21. The fourth-order valence-corrected chi connectivity index (χ4v) is 4.74. The number of carbonyl (C=O) groups excluding carboxylic acids is 2. The Bertz CT molecular complexity index is 790. The van der Waals surface area contributed by atoms with Crippen LogP contribution in [-0.4, -0.2) is 65.9 Å². The summed E-state index contributed by atoms with van der Waals surface area (Å²) < 4.78 is 5.39. The number of oxazole rings is 1. The van der Waals surface area contributed by atoms with Gasteiger partial charge in [-0.2, -0.15) is 0 Å². The van der Waals surface area contributed by atoms with Crippen LogP contribution in [0.15, 0.2) is 28.3 Å². The van der Waals surface area contributed by atoms with Crippen molar-refractivity contribution in [3.05, 3.63) is 29.6 Å². The Labute approximate surface area is 168 Å². The quantitative estimate of drug-likeness (QED) is 0.803. The van der Waals surface area contributed by atoms with Crippen molar-refractivity contribution < 1.29 is 14.0 Å². The number of nitrogens with zero attached hydrogens (tertiary/aromatic N) is 3. The van der Waals surface area contributed by atoms with Crippen LogP contribution in [0.3, 0.4) is 0 Å². The van der Waals surface area contributed by atoms with Gasteiger partial charge in [0.2, 0.25) is 5.91 Å². The second-order valence-electron chi connectivity index (χ2n) is 7.41. The Morgan fingerprint density at radius 1 is 1.21 bits per heavy atom. The van der Waals surface area contributed by atoms with E-state index in [-0.39, 0.29) is 11.8 Å². The van der Waals surface area contributed by atoms with Crippen LogP contribution in [0.25, 0.3) is 10.6 Å². The third-order valence-corrected chi connectivity index (χ3v) is 6.50. The van der Waals surface area contributed by atoms with Crippen LogP contribution in [-0.2, 0) is 4.79 Å². The third kappa shape index (κ3) is 4.28. The van der Waals surface area contributed by atoms with Crippen molar-refractivity contribution in [3.8, 4) is 10.6 Å². The maximum absolute atomic E-state index is 12.5. The number of thiophene rings is 1. The van der Waals surface area contributed by atoms with Crippen molar-refractivity contribution in [3.63, 3.8) is 0 Å². The first-order chi connectivity index (χ1) is 13.7. The van der Waals surface area contributed by atoms with Crippen LogP contribution in [0.5, 0.6) is 0 Å². The monoisotopic (exact) mass is 402 g/mol. The molecule has 0 spiro atoms. The average Bonchev–Trinajstić information content (AvgIpc) is 3.49. The largest absolute Gasteiger partial charge is 0.442 e. The summed E-state index contributed by atoms with van der Waals surface area (Å²) in [6.45, 7) is 4.61. The standard InChI is InChI=1S/C20H26N4O3S/c25-19(17-18(27-14-22-17)16-6-3-13-28-16)21-7-8-23-9-11-24(12-10-23)20(26)15-4-1-2-5-15/h3,6,13-15H,1-2,4-5,7-12H2,(H,21,25). The lowest BCUT2D eigenvalue weighted by molar-refractivity contribution is -0.137. The van der Waals surface area contributed by atoms with Crippen LogP contribution in [0.2, 0.25) is 0 Å². The molecule has 1 aliphatic heterocycles. The molecule has 1 N–H and O–H groups in total. The molecule has 2 aromatic heterocycles. The molecule has 0 unspecified atom stereocenters. The molecule has 8 heteroatoms. The zero-order valence-corrected chi connectivity index (χ0v) is 16.7. The Kier molecular flexibility index (Phi) is 6.07. The van der Waals surface area contributed by atoms with Crippen molar-refractivity contribution in [2.45, 2.75) is 25.7 Å². The zero-order valence-electron chi connectivity index (χ0n) is 15.9. The first-order valence-corrected chi connectivity index (χ1v) is 10.9. The van der Waals surface area contributed by atoms with Gasteiger partial charge in [0.15, 0.2) is 17.8 Å². The minimum atomic E-state index is -0.216. The molecule has 1 saturated carbocycles. The van der Waals surface area contributed by atoms with Crippen molar-refractivity contribution >= 4 is 23.2 Å². The lowest BCUT2D eigenvalue weighted by Crippen LogP contribution is -2.51. The minimum Gasteiger partial charge on any atom is -0.442 e. The topological polar surface area (TPSA) is 78.7 Å². The first-order valence-electron chi connectivity index (χ1n) is 9.99. The van der Waals surface area contributed by atoms with Crippen molar-refractivity contribution in [1.29, 1.82) is 0 Å². The molecule has 7 nitrogen and oxygen atoms in total. The lowest BCUT2D eigenvalue weighted by Gasteiger charge is -2.36. The van der Waals surface area contributed by atoms with Gasteiger partial charge in [-0.15, -0.1) is 11.3 Å². The number of hydrogen-bond acceptors (Lipinski definition) is 6. The Hall–Kier alpha value is -2.19. The summed E-state index contributed by atoms with van der Waals surface area (Å²) >= 11 is 1.52. The van der Waals surface area contributed by atoms with Gasteiger partial charge in [0, 0.05) is 45.2 Å². The SMILES string of the molecule is O=C(NCCN1CCN(C(=O)C2CCCC2)CC1)c1ncoc1-c1cccs1. The molecule has 0 bridgehead atoms. The van der Waals surface area contributed by atoms with E-state index >= 15 is 0 Å². The summed E-state index contributed by atoms with van der Waals surface area (Å²) in [7, 11) is 0. The molecule has 2 aliphatic rings. The number of aromatic nitrogens is 1. The zero-order chi connectivity index (χ0) is 19.3. The van der Waals surface area contributed by atoms with Gasteiger partial charge >= 0.3 is 0 Å². The van der Waals surface area contributed by atoms with E-state index in [4.69, 9.17) is 4.42 Å². The molecule has 3 heterocycles. The fraction of sp³-hybridized carbons (Fsp3) is 0.550. The summed E-state index contributed by atoms with van der Waals surface area (Å²) in [6, 6.07) is 3.83. The summed E-state index contributed by atoms with van der Waals surface area (Å²) in [5, 5.41) is 4.88. The Morgan fingerprint density at radius 2 is 2.00 bits per heavy atom. The molecule has 0 aromatic carbocycles. The van der Waals surface area contributed by atoms with Crippen molar-refractivity contribution in [2.24, 2.45) is 5.92 Å². The van der Waals surface area contributed by atoms with Gasteiger partial charge in [0.1, 0.15) is 0 Å². The molecule has 2 fully saturated rings. The molecule has 28 heavy (non-hydrogen) atoms.